The van der Waals surface area contributed by atoms with E-state index in [2.05, 4.69) is 6.58 Å². The van der Waals surface area contributed by atoms with Crippen molar-refractivity contribution in [1.82, 2.24) is 0 Å². The lowest BCUT2D eigenvalue weighted by Gasteiger charge is -2.05. The summed E-state index contributed by atoms with van der Waals surface area (Å²) in [6.07, 6.45) is 3.39. The highest BCUT2D eigenvalue weighted by Gasteiger charge is 2.03. The molecule has 2 N–H and O–H groups in total. The first kappa shape index (κ1) is 8.08. The second-order valence-electron chi connectivity index (χ2n) is 2.98. The van der Waals surface area contributed by atoms with Crippen LogP contribution < -0.4 is 5.73 Å². The lowest BCUT2D eigenvalue weighted by Crippen LogP contribution is -2.05. The lowest BCUT2D eigenvalue weighted by molar-refractivity contribution is 0.615. The average Bonchev–Trinajstić information content (AvgIpc) is 2.63. The molecule has 1 heterocycles. The van der Waals surface area contributed by atoms with Crippen LogP contribution in [0.5, 0.6) is 0 Å². The van der Waals surface area contributed by atoms with Crippen molar-refractivity contribution >= 4 is 11.0 Å². The topological polar surface area (TPSA) is 39.2 Å². The molecule has 13 heavy (non-hydrogen) atoms. The van der Waals surface area contributed by atoms with Crippen LogP contribution in [0.25, 0.3) is 11.0 Å². The quantitative estimate of drug-likeness (QED) is 0.709. The van der Waals surface area contributed by atoms with Crippen molar-refractivity contribution in [2.45, 2.75) is 6.04 Å². The minimum absolute atomic E-state index is 0.116. The monoisotopic (exact) mass is 173 g/mol. The van der Waals surface area contributed by atoms with Gasteiger partial charge in [-0.15, -0.1) is 6.58 Å². The molecule has 2 aromatic rings. The Kier molecular flexibility index (Phi) is 1.91. The summed E-state index contributed by atoms with van der Waals surface area (Å²) in [7, 11) is 0. The largest absolute Gasteiger partial charge is 0.464 e. The number of fused-ring (bicyclic) bond motifs is 1. The van der Waals surface area contributed by atoms with Gasteiger partial charge in [0.25, 0.3) is 0 Å². The maximum Gasteiger partial charge on any atom is 0.134 e. The molecule has 1 aromatic carbocycles. The standard InChI is InChI=1S/C11H11NO/c1-2-10(12)9-4-3-8-5-6-13-11(8)7-9/h2-7,10H,1,12H2. The van der Waals surface area contributed by atoms with E-state index in [1.54, 1.807) is 12.3 Å². The van der Waals surface area contributed by atoms with Gasteiger partial charge >= 0.3 is 0 Å². The van der Waals surface area contributed by atoms with Gasteiger partial charge in [0.05, 0.1) is 6.26 Å². The van der Waals surface area contributed by atoms with E-state index in [4.69, 9.17) is 10.2 Å². The Morgan fingerprint density at radius 2 is 2.23 bits per heavy atom. The van der Waals surface area contributed by atoms with E-state index in [1.165, 1.54) is 0 Å². The Balaban J connectivity index is 2.53. The molecule has 66 valence electrons. The van der Waals surface area contributed by atoms with Crippen molar-refractivity contribution in [2.24, 2.45) is 5.73 Å². The van der Waals surface area contributed by atoms with E-state index in [0.717, 1.165) is 16.5 Å². The third-order valence-corrected chi connectivity index (χ3v) is 2.12. The van der Waals surface area contributed by atoms with Gasteiger partial charge in [-0.1, -0.05) is 18.2 Å². The highest BCUT2D eigenvalue weighted by Crippen LogP contribution is 2.20. The highest BCUT2D eigenvalue weighted by molar-refractivity contribution is 5.77. The van der Waals surface area contributed by atoms with Gasteiger partial charge in [0.1, 0.15) is 5.58 Å². The Bertz CT molecular complexity index is 430. The summed E-state index contributed by atoms with van der Waals surface area (Å²) in [6, 6.07) is 7.75. The molecule has 1 unspecified atom stereocenters. The van der Waals surface area contributed by atoms with Crippen molar-refractivity contribution in [2.75, 3.05) is 0 Å². The zero-order valence-corrected chi connectivity index (χ0v) is 7.23. The van der Waals surface area contributed by atoms with Gasteiger partial charge in [0.15, 0.2) is 0 Å². The second kappa shape index (κ2) is 3.07. The van der Waals surface area contributed by atoms with Crippen molar-refractivity contribution in [3.8, 4) is 0 Å². The Hall–Kier alpha value is -1.54. The minimum Gasteiger partial charge on any atom is -0.464 e. The predicted octanol–water partition coefficient (Wildman–Crippen LogP) is 2.62. The molecule has 2 rings (SSSR count). The highest BCUT2D eigenvalue weighted by atomic mass is 16.3. The molecule has 0 saturated carbocycles. The number of rotatable bonds is 2. The Morgan fingerprint density at radius 3 is 3.00 bits per heavy atom. The molecule has 1 aromatic heterocycles. The first-order chi connectivity index (χ1) is 6.31. The fraction of sp³-hybridized carbons (Fsp3) is 0.0909. The SMILES string of the molecule is C=CC(N)c1ccc2ccoc2c1. The van der Waals surface area contributed by atoms with Gasteiger partial charge in [-0.25, -0.2) is 0 Å². The number of benzene rings is 1. The van der Waals surface area contributed by atoms with E-state index < -0.39 is 0 Å². The number of nitrogens with two attached hydrogens (primary N) is 1. The fourth-order valence-corrected chi connectivity index (χ4v) is 1.31. The molecule has 0 aliphatic carbocycles. The molecule has 0 radical (unpaired) electrons. The summed E-state index contributed by atoms with van der Waals surface area (Å²) in [6.45, 7) is 3.65. The summed E-state index contributed by atoms with van der Waals surface area (Å²) in [5, 5.41) is 1.10. The zero-order chi connectivity index (χ0) is 9.26. The number of furan rings is 1. The van der Waals surface area contributed by atoms with Crippen LogP contribution in [0.2, 0.25) is 0 Å². The summed E-state index contributed by atoms with van der Waals surface area (Å²) in [5.41, 5.74) is 7.69. The van der Waals surface area contributed by atoms with Gasteiger partial charge < -0.3 is 10.2 Å². The molecule has 2 heteroatoms. The summed E-state index contributed by atoms with van der Waals surface area (Å²) < 4.78 is 5.26. The molecule has 0 spiro atoms. The van der Waals surface area contributed by atoms with E-state index in [-0.39, 0.29) is 6.04 Å². The molecule has 1 atom stereocenters. The number of hydrogen-bond donors (Lipinski definition) is 1. The maximum absolute atomic E-state index is 5.79. The average molecular weight is 173 g/mol. The first-order valence-corrected chi connectivity index (χ1v) is 4.16. The molecule has 0 aliphatic heterocycles. The van der Waals surface area contributed by atoms with Crippen LogP contribution in [0.4, 0.5) is 0 Å². The van der Waals surface area contributed by atoms with Gasteiger partial charge in [0.2, 0.25) is 0 Å². The van der Waals surface area contributed by atoms with E-state index >= 15 is 0 Å². The summed E-state index contributed by atoms with van der Waals surface area (Å²) in [4.78, 5) is 0. The van der Waals surface area contributed by atoms with E-state index in [0.29, 0.717) is 0 Å². The van der Waals surface area contributed by atoms with Gasteiger partial charge in [-0.2, -0.15) is 0 Å². The minimum atomic E-state index is -0.116. The molecule has 0 aliphatic rings. The normalized spacial score (nSPS) is 13.0. The van der Waals surface area contributed by atoms with Gasteiger partial charge in [-0.05, 0) is 17.7 Å². The van der Waals surface area contributed by atoms with Gasteiger partial charge in [0, 0.05) is 11.4 Å². The van der Waals surface area contributed by atoms with E-state index in [1.807, 2.05) is 24.3 Å². The van der Waals surface area contributed by atoms with Gasteiger partial charge in [-0.3, -0.25) is 0 Å². The molecule has 0 bridgehead atoms. The zero-order valence-electron chi connectivity index (χ0n) is 7.23. The van der Waals surface area contributed by atoms with Crippen LogP contribution >= 0.6 is 0 Å². The maximum atomic E-state index is 5.79. The van der Waals surface area contributed by atoms with Crippen molar-refractivity contribution in [3.05, 3.63) is 48.7 Å². The molecule has 0 amide bonds. The second-order valence-corrected chi connectivity index (χ2v) is 2.98. The van der Waals surface area contributed by atoms with Crippen LogP contribution in [0.1, 0.15) is 11.6 Å². The van der Waals surface area contributed by atoms with Crippen LogP contribution in [0, 0.1) is 0 Å². The summed E-state index contributed by atoms with van der Waals surface area (Å²) in [5.74, 6) is 0. The third-order valence-electron chi connectivity index (χ3n) is 2.12. The lowest BCUT2D eigenvalue weighted by atomic mass is 10.1. The molecular formula is C11H11NO. The van der Waals surface area contributed by atoms with Crippen LogP contribution in [0.3, 0.4) is 0 Å². The number of hydrogen-bond acceptors (Lipinski definition) is 2. The van der Waals surface area contributed by atoms with Crippen LogP contribution in [-0.4, -0.2) is 0 Å². The van der Waals surface area contributed by atoms with Crippen molar-refractivity contribution in [1.29, 1.82) is 0 Å². The molecule has 0 fully saturated rings. The smallest absolute Gasteiger partial charge is 0.134 e. The van der Waals surface area contributed by atoms with Crippen LogP contribution in [0.15, 0.2) is 47.6 Å². The third kappa shape index (κ3) is 1.36. The molecule has 0 saturated heterocycles. The van der Waals surface area contributed by atoms with Crippen molar-refractivity contribution < 1.29 is 4.42 Å². The Labute approximate surface area is 76.7 Å². The van der Waals surface area contributed by atoms with Crippen molar-refractivity contribution in [3.63, 3.8) is 0 Å². The van der Waals surface area contributed by atoms with Crippen LogP contribution in [-0.2, 0) is 0 Å². The van der Waals surface area contributed by atoms with E-state index in [9.17, 15) is 0 Å². The fourth-order valence-electron chi connectivity index (χ4n) is 1.31. The first-order valence-electron chi connectivity index (χ1n) is 4.16. The molecular weight excluding hydrogens is 162 g/mol. The Morgan fingerprint density at radius 1 is 1.38 bits per heavy atom. The predicted molar refractivity (Wildman–Crippen MR) is 53.3 cm³/mol. The summed E-state index contributed by atoms with van der Waals surface area (Å²) >= 11 is 0. The molecule has 2 nitrogen and oxygen atoms in total.